The monoisotopic (exact) mass is 273 g/mol. The Morgan fingerprint density at radius 1 is 1.30 bits per heavy atom. The normalized spacial score (nSPS) is 10.1. The zero-order valence-electron chi connectivity index (χ0n) is 11.1. The Balaban J connectivity index is 2.13. The lowest BCUT2D eigenvalue weighted by atomic mass is 10.3. The molecule has 0 spiro atoms. The summed E-state index contributed by atoms with van der Waals surface area (Å²) in [5.74, 6) is 1.50. The number of ether oxygens (including phenoxy) is 1. The average molecular weight is 273 g/mol. The van der Waals surface area contributed by atoms with Gasteiger partial charge in [0.25, 0.3) is 5.69 Å². The molecule has 1 heterocycles. The Bertz CT molecular complexity index is 602. The van der Waals surface area contributed by atoms with Gasteiger partial charge in [0.05, 0.1) is 11.0 Å². The largest absolute Gasteiger partial charge is 0.439 e. The molecule has 0 aliphatic rings. The van der Waals surface area contributed by atoms with Crippen LogP contribution in [-0.4, -0.2) is 16.5 Å². The summed E-state index contributed by atoms with van der Waals surface area (Å²) in [4.78, 5) is 14.5. The highest BCUT2D eigenvalue weighted by Crippen LogP contribution is 2.24. The van der Waals surface area contributed by atoms with Crippen molar-refractivity contribution in [1.82, 2.24) is 4.98 Å². The van der Waals surface area contributed by atoms with Gasteiger partial charge in [0, 0.05) is 18.7 Å². The number of aromatic nitrogens is 1. The summed E-state index contributed by atoms with van der Waals surface area (Å²) in [6.45, 7) is 2.89. The van der Waals surface area contributed by atoms with Crippen molar-refractivity contribution in [2.45, 2.75) is 13.3 Å². The number of hydrogen-bond acceptors (Lipinski definition) is 5. The van der Waals surface area contributed by atoms with Crippen LogP contribution in [0.2, 0.25) is 0 Å². The van der Waals surface area contributed by atoms with Crippen LogP contribution >= 0.6 is 0 Å². The summed E-state index contributed by atoms with van der Waals surface area (Å²) in [5.41, 5.74) is -0.0113. The summed E-state index contributed by atoms with van der Waals surface area (Å²) in [5, 5.41) is 13.9. The van der Waals surface area contributed by atoms with Gasteiger partial charge >= 0.3 is 0 Å². The van der Waals surface area contributed by atoms with Crippen molar-refractivity contribution in [3.05, 3.63) is 52.6 Å². The molecule has 0 aliphatic heterocycles. The van der Waals surface area contributed by atoms with Crippen molar-refractivity contribution in [2.75, 3.05) is 11.9 Å². The fourth-order valence-electron chi connectivity index (χ4n) is 1.60. The molecular weight excluding hydrogens is 258 g/mol. The van der Waals surface area contributed by atoms with Crippen molar-refractivity contribution in [3.8, 4) is 11.6 Å². The highest BCUT2D eigenvalue weighted by Gasteiger charge is 2.07. The Morgan fingerprint density at radius 3 is 2.85 bits per heavy atom. The van der Waals surface area contributed by atoms with E-state index in [2.05, 4.69) is 17.2 Å². The smallest absolute Gasteiger partial charge is 0.273 e. The second-order valence-electron chi connectivity index (χ2n) is 4.14. The lowest BCUT2D eigenvalue weighted by molar-refractivity contribution is -0.384. The van der Waals surface area contributed by atoms with E-state index in [-0.39, 0.29) is 5.69 Å². The zero-order valence-corrected chi connectivity index (χ0v) is 11.1. The standard InChI is InChI=1S/C14H15N3O3/c1-2-9-15-13-7-4-8-14(16-13)20-12-6-3-5-11(10-12)17(18)19/h3-8,10H,2,9H2,1H3,(H,15,16). The molecular formula is C14H15N3O3. The van der Waals surface area contributed by atoms with Gasteiger partial charge in [0.15, 0.2) is 0 Å². The fraction of sp³-hybridized carbons (Fsp3) is 0.214. The van der Waals surface area contributed by atoms with Crippen LogP contribution in [0.1, 0.15) is 13.3 Å². The Morgan fingerprint density at radius 2 is 2.10 bits per heavy atom. The van der Waals surface area contributed by atoms with Gasteiger partial charge in [-0.1, -0.05) is 19.1 Å². The Hall–Kier alpha value is -2.63. The van der Waals surface area contributed by atoms with E-state index in [0.29, 0.717) is 11.6 Å². The molecule has 0 saturated heterocycles. The van der Waals surface area contributed by atoms with Crippen LogP contribution in [0.5, 0.6) is 11.6 Å². The minimum atomic E-state index is -0.459. The van der Waals surface area contributed by atoms with E-state index in [4.69, 9.17) is 4.74 Å². The molecule has 0 radical (unpaired) electrons. The van der Waals surface area contributed by atoms with Crippen LogP contribution in [0.15, 0.2) is 42.5 Å². The topological polar surface area (TPSA) is 77.3 Å². The van der Waals surface area contributed by atoms with Gasteiger partial charge in [0.1, 0.15) is 11.6 Å². The molecule has 1 aromatic heterocycles. The van der Waals surface area contributed by atoms with E-state index in [1.807, 2.05) is 12.1 Å². The van der Waals surface area contributed by atoms with E-state index in [9.17, 15) is 10.1 Å². The van der Waals surface area contributed by atoms with E-state index < -0.39 is 4.92 Å². The first kappa shape index (κ1) is 13.8. The number of anilines is 1. The number of nitro benzene ring substituents is 1. The van der Waals surface area contributed by atoms with Gasteiger partial charge in [0.2, 0.25) is 5.88 Å². The molecule has 1 aromatic carbocycles. The lowest BCUT2D eigenvalue weighted by Gasteiger charge is -2.07. The van der Waals surface area contributed by atoms with E-state index >= 15 is 0 Å². The molecule has 1 N–H and O–H groups in total. The number of nitrogens with zero attached hydrogens (tertiary/aromatic N) is 2. The SMILES string of the molecule is CCCNc1cccc(Oc2cccc([N+](=O)[O-])c2)n1. The number of non-ortho nitro benzene ring substituents is 1. The van der Waals surface area contributed by atoms with Crippen LogP contribution in [-0.2, 0) is 0 Å². The first-order valence-electron chi connectivity index (χ1n) is 6.32. The van der Waals surface area contributed by atoms with Gasteiger partial charge in [-0.05, 0) is 18.6 Å². The van der Waals surface area contributed by atoms with Gasteiger partial charge in [-0.2, -0.15) is 4.98 Å². The van der Waals surface area contributed by atoms with Gasteiger partial charge < -0.3 is 10.1 Å². The predicted octanol–water partition coefficient (Wildman–Crippen LogP) is 3.60. The number of rotatable bonds is 6. The Labute approximate surface area is 116 Å². The number of benzene rings is 1. The predicted molar refractivity (Wildman–Crippen MR) is 76.2 cm³/mol. The molecule has 0 amide bonds. The summed E-state index contributed by atoms with van der Waals surface area (Å²) >= 11 is 0. The van der Waals surface area contributed by atoms with Crippen LogP contribution in [0.3, 0.4) is 0 Å². The van der Waals surface area contributed by atoms with Gasteiger partial charge in [-0.15, -0.1) is 0 Å². The van der Waals surface area contributed by atoms with Gasteiger partial charge in [-0.25, -0.2) is 0 Å². The highest BCUT2D eigenvalue weighted by atomic mass is 16.6. The second kappa shape index (κ2) is 6.51. The molecule has 0 fully saturated rings. The first-order chi connectivity index (χ1) is 9.69. The molecule has 0 bridgehead atoms. The number of nitro groups is 1. The molecule has 0 aliphatic carbocycles. The van der Waals surface area contributed by atoms with Crippen molar-refractivity contribution < 1.29 is 9.66 Å². The third-order valence-electron chi connectivity index (χ3n) is 2.53. The van der Waals surface area contributed by atoms with Gasteiger partial charge in [-0.3, -0.25) is 10.1 Å². The maximum atomic E-state index is 10.7. The molecule has 2 rings (SSSR count). The zero-order chi connectivity index (χ0) is 14.4. The first-order valence-corrected chi connectivity index (χ1v) is 6.32. The number of nitrogens with one attached hydrogen (secondary N) is 1. The molecule has 20 heavy (non-hydrogen) atoms. The second-order valence-corrected chi connectivity index (χ2v) is 4.14. The van der Waals surface area contributed by atoms with E-state index in [1.54, 1.807) is 18.2 Å². The summed E-state index contributed by atoms with van der Waals surface area (Å²) < 4.78 is 5.53. The highest BCUT2D eigenvalue weighted by molar-refractivity contribution is 5.41. The van der Waals surface area contributed by atoms with E-state index in [0.717, 1.165) is 18.8 Å². The van der Waals surface area contributed by atoms with Crippen molar-refractivity contribution in [2.24, 2.45) is 0 Å². The minimum Gasteiger partial charge on any atom is -0.439 e. The summed E-state index contributed by atoms with van der Waals surface area (Å²) in [6, 6.07) is 11.4. The van der Waals surface area contributed by atoms with E-state index in [1.165, 1.54) is 12.1 Å². The molecule has 104 valence electrons. The average Bonchev–Trinajstić information content (AvgIpc) is 2.46. The summed E-state index contributed by atoms with van der Waals surface area (Å²) in [7, 11) is 0. The molecule has 6 heteroatoms. The van der Waals surface area contributed by atoms with Crippen LogP contribution in [0.25, 0.3) is 0 Å². The molecule has 0 atom stereocenters. The third kappa shape index (κ3) is 3.68. The molecule has 0 unspecified atom stereocenters. The lowest BCUT2D eigenvalue weighted by Crippen LogP contribution is -2.02. The number of hydrogen-bond donors (Lipinski definition) is 1. The molecule has 6 nitrogen and oxygen atoms in total. The number of pyridine rings is 1. The maximum Gasteiger partial charge on any atom is 0.273 e. The summed E-state index contributed by atoms with van der Waals surface area (Å²) in [6.07, 6.45) is 0.998. The maximum absolute atomic E-state index is 10.7. The van der Waals surface area contributed by atoms with Crippen LogP contribution in [0, 0.1) is 10.1 Å². The van der Waals surface area contributed by atoms with Crippen LogP contribution < -0.4 is 10.1 Å². The fourth-order valence-corrected chi connectivity index (χ4v) is 1.60. The molecule has 0 saturated carbocycles. The quantitative estimate of drug-likeness (QED) is 0.642. The van der Waals surface area contributed by atoms with Crippen molar-refractivity contribution >= 4 is 11.5 Å². The van der Waals surface area contributed by atoms with Crippen LogP contribution in [0.4, 0.5) is 11.5 Å². The van der Waals surface area contributed by atoms with Crippen molar-refractivity contribution in [1.29, 1.82) is 0 Å². The third-order valence-corrected chi connectivity index (χ3v) is 2.53. The minimum absolute atomic E-state index is 0.0113. The molecule has 2 aromatic rings. The van der Waals surface area contributed by atoms with Crippen molar-refractivity contribution in [3.63, 3.8) is 0 Å². The Kier molecular flexibility index (Phi) is 4.49.